The number of benzene rings is 8. The molecule has 0 fully saturated rings. The zero-order valence-corrected chi connectivity index (χ0v) is 30.7. The van der Waals surface area contributed by atoms with Gasteiger partial charge in [-0.2, -0.15) is 0 Å². The van der Waals surface area contributed by atoms with Gasteiger partial charge in [-0.1, -0.05) is 202 Å². The van der Waals surface area contributed by atoms with Crippen LogP contribution in [-0.2, 0) is 5.41 Å². The second-order valence-corrected chi connectivity index (χ2v) is 14.5. The molecule has 0 saturated carbocycles. The predicted molar refractivity (Wildman–Crippen MR) is 228 cm³/mol. The van der Waals surface area contributed by atoms with Gasteiger partial charge in [0, 0.05) is 22.2 Å². The van der Waals surface area contributed by atoms with Crippen molar-refractivity contribution in [1.29, 1.82) is 0 Å². The molecule has 8 aromatic carbocycles. The number of anilines is 3. The molecule has 0 unspecified atom stereocenters. The van der Waals surface area contributed by atoms with E-state index in [1.807, 2.05) is 0 Å². The Morgan fingerprint density at radius 2 is 0.778 bits per heavy atom. The van der Waals surface area contributed by atoms with Crippen molar-refractivity contribution in [2.75, 3.05) is 4.90 Å². The van der Waals surface area contributed by atoms with Crippen LogP contribution in [0.5, 0.6) is 0 Å². The molecule has 1 heteroatoms. The lowest BCUT2D eigenvalue weighted by molar-refractivity contribution is 0.660. The van der Waals surface area contributed by atoms with Gasteiger partial charge in [0.05, 0.1) is 11.4 Å². The first-order valence-electron chi connectivity index (χ1n) is 18.8. The van der Waals surface area contributed by atoms with E-state index in [1.165, 1.54) is 66.9 Å². The fourth-order valence-electron chi connectivity index (χ4n) is 8.36. The second kappa shape index (κ2) is 14.0. The van der Waals surface area contributed by atoms with Gasteiger partial charge < -0.3 is 4.90 Å². The third-order valence-electron chi connectivity index (χ3n) is 10.9. The summed E-state index contributed by atoms with van der Waals surface area (Å²) in [6.07, 6.45) is 0. The molecule has 8 aromatic rings. The standard InChI is InChI=1S/C53H41N/c1-53(2)46-30-17-15-29-45(46)52-47(53)31-19-33-49(52)54(48-32-18-16-28-44(48)38-20-7-3-8-21-38)43-36-34-42(35-37-43)51(41-26-13-6-14-27-41)50(39-22-9-4-10-23-39)40-24-11-5-12-25-40/h3-37H,1-2H3. The molecule has 0 aromatic heterocycles. The highest BCUT2D eigenvalue weighted by molar-refractivity contribution is 6.05. The van der Waals surface area contributed by atoms with Crippen molar-refractivity contribution in [2.24, 2.45) is 0 Å². The monoisotopic (exact) mass is 691 g/mol. The Hall–Kier alpha value is -6.70. The van der Waals surface area contributed by atoms with Gasteiger partial charge in [-0.15, -0.1) is 0 Å². The minimum Gasteiger partial charge on any atom is -0.309 e. The van der Waals surface area contributed by atoms with Crippen LogP contribution in [0.3, 0.4) is 0 Å². The number of rotatable bonds is 8. The van der Waals surface area contributed by atoms with Crippen molar-refractivity contribution < 1.29 is 0 Å². The van der Waals surface area contributed by atoms with Gasteiger partial charge in [0.2, 0.25) is 0 Å². The van der Waals surface area contributed by atoms with Gasteiger partial charge in [0.25, 0.3) is 0 Å². The number of nitrogens with zero attached hydrogens (tertiary/aromatic N) is 1. The molecule has 1 nitrogen and oxygen atoms in total. The van der Waals surface area contributed by atoms with Crippen LogP contribution in [0.2, 0.25) is 0 Å². The Balaban J connectivity index is 1.29. The maximum Gasteiger partial charge on any atom is 0.0543 e. The van der Waals surface area contributed by atoms with E-state index >= 15 is 0 Å². The Kier molecular flexibility index (Phi) is 8.61. The lowest BCUT2D eigenvalue weighted by Crippen LogP contribution is -2.16. The predicted octanol–water partition coefficient (Wildman–Crippen LogP) is 14.1. The quantitative estimate of drug-likeness (QED) is 0.143. The Labute approximate surface area is 319 Å². The number of hydrogen-bond donors (Lipinski definition) is 0. The van der Waals surface area contributed by atoms with E-state index in [2.05, 4.69) is 231 Å². The maximum absolute atomic E-state index is 2.48. The van der Waals surface area contributed by atoms with Gasteiger partial charge >= 0.3 is 0 Å². The van der Waals surface area contributed by atoms with E-state index in [4.69, 9.17) is 0 Å². The Morgan fingerprint density at radius 3 is 1.35 bits per heavy atom. The van der Waals surface area contributed by atoms with E-state index in [1.54, 1.807) is 0 Å². The van der Waals surface area contributed by atoms with Crippen molar-refractivity contribution in [3.63, 3.8) is 0 Å². The molecule has 0 spiro atoms. The summed E-state index contributed by atoms with van der Waals surface area (Å²) in [7, 11) is 0. The minimum atomic E-state index is -0.114. The van der Waals surface area contributed by atoms with Crippen molar-refractivity contribution in [2.45, 2.75) is 19.3 Å². The van der Waals surface area contributed by atoms with Crippen LogP contribution in [0.15, 0.2) is 212 Å². The maximum atomic E-state index is 2.48. The Bertz CT molecular complexity index is 2540. The number of hydrogen-bond acceptors (Lipinski definition) is 1. The molecule has 0 N–H and O–H groups in total. The van der Waals surface area contributed by atoms with Crippen molar-refractivity contribution in [3.8, 4) is 22.3 Å². The van der Waals surface area contributed by atoms with Gasteiger partial charge in [0.15, 0.2) is 0 Å². The molecule has 1 aliphatic carbocycles. The van der Waals surface area contributed by atoms with Gasteiger partial charge in [-0.05, 0) is 79.9 Å². The van der Waals surface area contributed by atoms with E-state index in [9.17, 15) is 0 Å². The van der Waals surface area contributed by atoms with Crippen LogP contribution in [0.1, 0.15) is 47.2 Å². The first-order chi connectivity index (χ1) is 26.6. The summed E-state index contributed by atoms with van der Waals surface area (Å²) in [5.41, 5.74) is 18.1. The van der Waals surface area contributed by atoms with Crippen molar-refractivity contribution in [3.05, 3.63) is 246 Å². The normalized spacial score (nSPS) is 12.4. The summed E-state index contributed by atoms with van der Waals surface area (Å²) in [6.45, 7) is 4.71. The molecule has 1 aliphatic rings. The molecule has 0 bridgehead atoms. The van der Waals surface area contributed by atoms with E-state index < -0.39 is 0 Å². The van der Waals surface area contributed by atoms with Crippen LogP contribution < -0.4 is 4.90 Å². The van der Waals surface area contributed by atoms with Gasteiger partial charge in [-0.3, -0.25) is 0 Å². The smallest absolute Gasteiger partial charge is 0.0543 e. The molecular formula is C53H41N. The molecule has 9 rings (SSSR count). The van der Waals surface area contributed by atoms with Crippen LogP contribution in [0.25, 0.3) is 33.4 Å². The zero-order chi connectivity index (χ0) is 36.5. The number of para-hydroxylation sites is 1. The molecular weight excluding hydrogens is 651 g/mol. The van der Waals surface area contributed by atoms with E-state index in [0.717, 1.165) is 16.9 Å². The highest BCUT2D eigenvalue weighted by Crippen LogP contribution is 2.55. The van der Waals surface area contributed by atoms with Crippen LogP contribution in [0, 0.1) is 0 Å². The highest BCUT2D eigenvalue weighted by Gasteiger charge is 2.38. The molecule has 258 valence electrons. The molecule has 0 atom stereocenters. The number of fused-ring (bicyclic) bond motifs is 3. The summed E-state index contributed by atoms with van der Waals surface area (Å²) >= 11 is 0. The summed E-state index contributed by atoms with van der Waals surface area (Å²) in [4.78, 5) is 2.48. The molecule has 0 heterocycles. The highest BCUT2D eigenvalue weighted by atomic mass is 15.1. The Morgan fingerprint density at radius 1 is 0.352 bits per heavy atom. The third-order valence-corrected chi connectivity index (χ3v) is 10.9. The fraction of sp³-hybridized carbons (Fsp3) is 0.0566. The van der Waals surface area contributed by atoms with Crippen LogP contribution >= 0.6 is 0 Å². The average Bonchev–Trinajstić information content (AvgIpc) is 3.48. The van der Waals surface area contributed by atoms with Gasteiger partial charge in [0.1, 0.15) is 0 Å². The summed E-state index contributed by atoms with van der Waals surface area (Å²) < 4.78 is 0. The molecule has 0 radical (unpaired) electrons. The third kappa shape index (κ3) is 5.85. The van der Waals surface area contributed by atoms with E-state index in [-0.39, 0.29) is 5.41 Å². The zero-order valence-electron chi connectivity index (χ0n) is 30.7. The molecule has 0 aliphatic heterocycles. The molecule has 54 heavy (non-hydrogen) atoms. The van der Waals surface area contributed by atoms with Crippen LogP contribution in [-0.4, -0.2) is 0 Å². The first kappa shape index (κ1) is 33.2. The topological polar surface area (TPSA) is 3.24 Å². The van der Waals surface area contributed by atoms with E-state index in [0.29, 0.717) is 0 Å². The second-order valence-electron chi connectivity index (χ2n) is 14.5. The largest absolute Gasteiger partial charge is 0.309 e. The van der Waals surface area contributed by atoms with Crippen molar-refractivity contribution >= 4 is 28.2 Å². The first-order valence-corrected chi connectivity index (χ1v) is 18.8. The lowest BCUT2D eigenvalue weighted by atomic mass is 9.82. The molecule has 0 saturated heterocycles. The van der Waals surface area contributed by atoms with Crippen molar-refractivity contribution in [1.82, 2.24) is 0 Å². The van der Waals surface area contributed by atoms with Crippen LogP contribution in [0.4, 0.5) is 17.1 Å². The SMILES string of the molecule is CC1(C)c2ccccc2-c2c(N(c3ccc(C(=C(c4ccccc4)c4ccccc4)c4ccccc4)cc3)c3ccccc3-c3ccccc3)cccc21. The average molecular weight is 692 g/mol. The summed E-state index contributed by atoms with van der Waals surface area (Å²) in [6, 6.07) is 76.9. The minimum absolute atomic E-state index is 0.114. The molecule has 0 amide bonds. The lowest BCUT2D eigenvalue weighted by Gasteiger charge is -2.31. The summed E-state index contributed by atoms with van der Waals surface area (Å²) in [5.74, 6) is 0. The van der Waals surface area contributed by atoms with Gasteiger partial charge in [-0.25, -0.2) is 0 Å². The summed E-state index contributed by atoms with van der Waals surface area (Å²) in [5, 5.41) is 0. The fourth-order valence-corrected chi connectivity index (χ4v) is 8.36.